The van der Waals surface area contributed by atoms with Crippen LogP contribution in [0.4, 0.5) is 8.78 Å². The predicted molar refractivity (Wildman–Crippen MR) is 78.2 cm³/mol. The van der Waals surface area contributed by atoms with Crippen LogP contribution in [0.3, 0.4) is 0 Å². The number of aliphatic hydroxyl groups is 1. The zero-order chi connectivity index (χ0) is 16.3. The van der Waals surface area contributed by atoms with Crippen molar-refractivity contribution in [3.63, 3.8) is 0 Å². The lowest BCUT2D eigenvalue weighted by Crippen LogP contribution is -2.35. The maximum Gasteiger partial charge on any atom is 0.137 e. The summed E-state index contributed by atoms with van der Waals surface area (Å²) in [4.78, 5) is 7.74. The van der Waals surface area contributed by atoms with Crippen LogP contribution in [0.1, 0.15) is 11.1 Å². The fourth-order valence-corrected chi connectivity index (χ4v) is 2.52. The third-order valence-electron chi connectivity index (χ3n) is 3.57. The lowest BCUT2D eigenvalue weighted by Gasteiger charge is -2.29. The summed E-state index contributed by atoms with van der Waals surface area (Å²) in [5, 5.41) is 15.1. The predicted octanol–water partition coefficient (Wildman–Crippen LogP) is 2.08. The van der Waals surface area contributed by atoms with Crippen molar-refractivity contribution in [2.75, 3.05) is 0 Å². The van der Waals surface area contributed by atoms with Crippen molar-refractivity contribution in [1.29, 1.82) is 0 Å². The molecule has 1 unspecified atom stereocenters. The van der Waals surface area contributed by atoms with Gasteiger partial charge in [0.05, 0.1) is 6.54 Å². The van der Waals surface area contributed by atoms with Crippen molar-refractivity contribution in [2.24, 2.45) is 0 Å². The second-order valence-corrected chi connectivity index (χ2v) is 5.28. The van der Waals surface area contributed by atoms with E-state index < -0.39 is 17.2 Å². The van der Waals surface area contributed by atoms with Gasteiger partial charge in [-0.05, 0) is 23.8 Å². The molecule has 0 fully saturated rings. The summed E-state index contributed by atoms with van der Waals surface area (Å²) in [5.74, 6) is -1.50. The smallest absolute Gasteiger partial charge is 0.137 e. The first kappa shape index (κ1) is 15.2. The molecule has 3 aromatic rings. The normalized spacial score (nSPS) is 13.7. The number of pyridine rings is 1. The first-order chi connectivity index (χ1) is 11.1. The van der Waals surface area contributed by atoms with Crippen LogP contribution in [0.2, 0.25) is 0 Å². The number of rotatable bonds is 5. The lowest BCUT2D eigenvalue weighted by molar-refractivity contribution is 0.0116. The van der Waals surface area contributed by atoms with E-state index in [9.17, 15) is 13.9 Å². The van der Waals surface area contributed by atoms with Crippen LogP contribution in [-0.4, -0.2) is 24.9 Å². The van der Waals surface area contributed by atoms with Crippen LogP contribution in [0, 0.1) is 11.6 Å². The van der Waals surface area contributed by atoms with Crippen LogP contribution in [0.5, 0.6) is 0 Å². The molecule has 1 atom stereocenters. The molecule has 0 radical (unpaired) electrons. The third-order valence-corrected chi connectivity index (χ3v) is 3.57. The molecule has 118 valence electrons. The van der Waals surface area contributed by atoms with Crippen LogP contribution in [-0.2, 0) is 18.6 Å². The van der Waals surface area contributed by atoms with Gasteiger partial charge in [-0.15, -0.1) is 0 Å². The molecule has 0 saturated heterocycles. The van der Waals surface area contributed by atoms with Crippen LogP contribution in [0.25, 0.3) is 0 Å². The van der Waals surface area contributed by atoms with Crippen molar-refractivity contribution in [2.45, 2.75) is 18.6 Å². The molecule has 0 aliphatic rings. The number of halogens is 2. The summed E-state index contributed by atoms with van der Waals surface area (Å²) in [6.07, 6.45) is 6.06. The van der Waals surface area contributed by atoms with Gasteiger partial charge in [-0.3, -0.25) is 4.98 Å². The quantitative estimate of drug-likeness (QED) is 0.783. The molecule has 0 spiro atoms. The van der Waals surface area contributed by atoms with Gasteiger partial charge in [0.2, 0.25) is 0 Å². The highest BCUT2D eigenvalue weighted by atomic mass is 19.1. The molecule has 0 aliphatic carbocycles. The molecular formula is C16H14F2N4O. The summed E-state index contributed by atoms with van der Waals surface area (Å²) in [5.41, 5.74) is -0.829. The zero-order valence-electron chi connectivity index (χ0n) is 12.1. The molecular weight excluding hydrogens is 302 g/mol. The second kappa shape index (κ2) is 6.21. The van der Waals surface area contributed by atoms with Gasteiger partial charge in [0.25, 0.3) is 0 Å². The van der Waals surface area contributed by atoms with E-state index in [0.717, 1.165) is 17.7 Å². The Morgan fingerprint density at radius 2 is 1.87 bits per heavy atom. The Balaban J connectivity index is 2.01. The molecule has 1 N–H and O–H groups in total. The van der Waals surface area contributed by atoms with Gasteiger partial charge in [-0.1, -0.05) is 6.07 Å². The van der Waals surface area contributed by atoms with Crippen LogP contribution in [0.15, 0.2) is 55.4 Å². The fraction of sp³-hybridized carbons (Fsp3) is 0.188. The Kier molecular flexibility index (Phi) is 4.12. The largest absolute Gasteiger partial charge is 0.383 e. The standard InChI is InChI=1S/C16H14F2N4O/c17-13-1-2-14(15(18)7-13)16(23,9-22-11-20-10-21-22)8-12-3-5-19-6-4-12/h1-7,10-11,23H,8-9H2. The Morgan fingerprint density at radius 1 is 1.09 bits per heavy atom. The zero-order valence-corrected chi connectivity index (χ0v) is 12.1. The highest BCUT2D eigenvalue weighted by Gasteiger charge is 2.33. The average Bonchev–Trinajstić information content (AvgIpc) is 3.00. The number of benzene rings is 1. The third kappa shape index (κ3) is 3.40. The summed E-state index contributed by atoms with van der Waals surface area (Å²) in [6, 6.07) is 6.59. The summed E-state index contributed by atoms with van der Waals surface area (Å²) < 4.78 is 28.8. The van der Waals surface area contributed by atoms with Crippen LogP contribution >= 0.6 is 0 Å². The number of hydrogen-bond donors (Lipinski definition) is 1. The number of hydrogen-bond acceptors (Lipinski definition) is 4. The Hall–Kier alpha value is -2.67. The van der Waals surface area contributed by atoms with E-state index in [1.54, 1.807) is 24.5 Å². The van der Waals surface area contributed by atoms with Crippen molar-refractivity contribution >= 4 is 0 Å². The molecule has 1 aromatic carbocycles. The first-order valence-electron chi connectivity index (χ1n) is 6.96. The van der Waals surface area contributed by atoms with Gasteiger partial charge in [-0.25, -0.2) is 18.4 Å². The van der Waals surface area contributed by atoms with E-state index >= 15 is 0 Å². The maximum atomic E-state index is 14.2. The topological polar surface area (TPSA) is 63.8 Å². The molecule has 23 heavy (non-hydrogen) atoms. The van der Waals surface area contributed by atoms with Crippen molar-refractivity contribution in [3.8, 4) is 0 Å². The van der Waals surface area contributed by atoms with Crippen molar-refractivity contribution < 1.29 is 13.9 Å². The van der Waals surface area contributed by atoms with Crippen molar-refractivity contribution in [1.82, 2.24) is 19.7 Å². The molecule has 0 amide bonds. The molecule has 7 heteroatoms. The van der Waals surface area contributed by atoms with E-state index in [2.05, 4.69) is 15.1 Å². The Bertz CT molecular complexity index is 780. The minimum atomic E-state index is -1.60. The summed E-state index contributed by atoms with van der Waals surface area (Å²) in [7, 11) is 0. The van der Waals surface area contributed by atoms with Gasteiger partial charge >= 0.3 is 0 Å². The first-order valence-corrected chi connectivity index (χ1v) is 6.96. The maximum absolute atomic E-state index is 14.2. The second-order valence-electron chi connectivity index (χ2n) is 5.28. The highest BCUT2D eigenvalue weighted by Crippen LogP contribution is 2.30. The van der Waals surface area contributed by atoms with Gasteiger partial charge in [0, 0.05) is 30.4 Å². The summed E-state index contributed by atoms with van der Waals surface area (Å²) in [6.45, 7) is -0.0160. The average molecular weight is 316 g/mol. The monoisotopic (exact) mass is 316 g/mol. The van der Waals surface area contributed by atoms with Gasteiger partial charge in [0.15, 0.2) is 0 Å². The highest BCUT2D eigenvalue weighted by molar-refractivity contribution is 5.28. The Morgan fingerprint density at radius 3 is 2.52 bits per heavy atom. The van der Waals surface area contributed by atoms with E-state index in [1.165, 1.54) is 23.4 Å². The van der Waals surface area contributed by atoms with E-state index in [1.807, 2.05) is 0 Å². The molecule has 3 rings (SSSR count). The van der Waals surface area contributed by atoms with Gasteiger partial charge in [0.1, 0.15) is 29.9 Å². The summed E-state index contributed by atoms with van der Waals surface area (Å²) >= 11 is 0. The van der Waals surface area contributed by atoms with Gasteiger partial charge < -0.3 is 5.11 Å². The number of nitrogens with zero attached hydrogens (tertiary/aromatic N) is 4. The SMILES string of the molecule is OC(Cc1ccncc1)(Cn1cncn1)c1ccc(F)cc1F. The minimum Gasteiger partial charge on any atom is -0.383 e. The lowest BCUT2D eigenvalue weighted by atomic mass is 9.87. The van der Waals surface area contributed by atoms with E-state index in [-0.39, 0.29) is 18.5 Å². The van der Waals surface area contributed by atoms with Crippen molar-refractivity contribution in [3.05, 3.63) is 78.1 Å². The molecule has 2 aromatic heterocycles. The van der Waals surface area contributed by atoms with E-state index in [4.69, 9.17) is 0 Å². The molecule has 0 bridgehead atoms. The molecule has 2 heterocycles. The molecule has 0 saturated carbocycles. The molecule has 5 nitrogen and oxygen atoms in total. The van der Waals surface area contributed by atoms with Gasteiger partial charge in [-0.2, -0.15) is 5.10 Å². The number of aromatic nitrogens is 4. The van der Waals surface area contributed by atoms with Crippen LogP contribution < -0.4 is 0 Å². The minimum absolute atomic E-state index is 0.00575. The van der Waals surface area contributed by atoms with E-state index in [0.29, 0.717) is 0 Å². The molecule has 0 aliphatic heterocycles. The Labute approximate surface area is 131 Å². The fourth-order valence-electron chi connectivity index (χ4n) is 2.52.